The van der Waals surface area contributed by atoms with E-state index in [-0.39, 0.29) is 28.8 Å². The van der Waals surface area contributed by atoms with Gasteiger partial charge in [-0.15, -0.1) is 0 Å². The molecule has 1 aromatic heterocycles. The lowest BCUT2D eigenvalue weighted by molar-refractivity contribution is 0.280. The van der Waals surface area contributed by atoms with E-state index in [9.17, 15) is 0 Å². The highest BCUT2D eigenvalue weighted by atomic mass is 15.3. The number of allylic oxidation sites excluding steroid dienone is 7. The Morgan fingerprint density at radius 3 is 2.31 bits per heavy atom. The minimum Gasteiger partial charge on any atom is -0.333 e. The number of pyridine rings is 1. The molecule has 0 bridgehead atoms. The van der Waals surface area contributed by atoms with Gasteiger partial charge in [-0.1, -0.05) is 131 Å². The minimum atomic E-state index is -0.254. The van der Waals surface area contributed by atoms with Crippen LogP contribution in [-0.2, 0) is 5.41 Å². The summed E-state index contributed by atoms with van der Waals surface area (Å²) in [7, 11) is 0. The molecule has 4 atom stereocenters. The summed E-state index contributed by atoms with van der Waals surface area (Å²) in [4.78, 5) is 18.2. The predicted molar refractivity (Wildman–Crippen MR) is 245 cm³/mol. The van der Waals surface area contributed by atoms with Gasteiger partial charge in [-0.25, -0.2) is 9.98 Å². The summed E-state index contributed by atoms with van der Waals surface area (Å²) in [5.41, 5.74) is 12.1. The smallest absolute Gasteiger partial charge is 0.138 e. The van der Waals surface area contributed by atoms with Crippen LogP contribution in [-0.4, -0.2) is 22.8 Å². The summed E-state index contributed by atoms with van der Waals surface area (Å²) in [6.45, 7) is 9.86. The number of aliphatic imine (C=N–C) groups is 1. The van der Waals surface area contributed by atoms with Crippen molar-refractivity contribution in [3.8, 4) is 0 Å². The molecule has 0 N–H and O–H groups in total. The van der Waals surface area contributed by atoms with Gasteiger partial charge in [-0.2, -0.15) is 0 Å². The Kier molecular flexibility index (Phi) is 8.20. The molecule has 5 nitrogen and oxygen atoms in total. The topological polar surface area (TPSA) is 35.0 Å². The molecule has 5 aromatic rings. The maximum atomic E-state index is 5.34. The largest absolute Gasteiger partial charge is 0.333 e. The van der Waals surface area contributed by atoms with E-state index in [0.717, 1.165) is 52.5 Å². The monoisotopic (exact) mass is 767 g/mol. The molecule has 0 fully saturated rings. The van der Waals surface area contributed by atoms with Crippen LogP contribution in [0.3, 0.4) is 0 Å². The van der Waals surface area contributed by atoms with Crippen LogP contribution in [0, 0.1) is 17.3 Å². The summed E-state index contributed by atoms with van der Waals surface area (Å²) < 4.78 is 0. The van der Waals surface area contributed by atoms with Crippen molar-refractivity contribution in [1.82, 2.24) is 4.98 Å². The fourth-order valence-electron chi connectivity index (χ4n) is 10.7. The molecule has 4 aromatic carbocycles. The van der Waals surface area contributed by atoms with Gasteiger partial charge in [0, 0.05) is 62.2 Å². The highest BCUT2D eigenvalue weighted by Crippen LogP contribution is 2.60. The summed E-state index contributed by atoms with van der Waals surface area (Å²) in [6, 6.07) is 43.8. The molecule has 5 heteroatoms. The molecule has 0 amide bonds. The zero-order valence-electron chi connectivity index (χ0n) is 34.2. The SMILES string of the molecule is CC1(C)C2=CC(N(c3ccccc3)c3ccc4ccccc4n3)=CC3C2N(C2=C1CC(N(C1=CCC4C=CC=CC4=N1)c1ccccc1)C=C2)c1ccccc1C3(C)C. The molecule has 290 valence electrons. The number of rotatable bonds is 6. The number of anilines is 4. The van der Waals surface area contributed by atoms with Gasteiger partial charge >= 0.3 is 0 Å². The molecule has 11 rings (SSSR count). The van der Waals surface area contributed by atoms with E-state index in [4.69, 9.17) is 9.98 Å². The third-order valence-corrected chi connectivity index (χ3v) is 13.8. The fourth-order valence-corrected chi connectivity index (χ4v) is 10.7. The lowest BCUT2D eigenvalue weighted by Crippen LogP contribution is -2.59. The van der Waals surface area contributed by atoms with Crippen LogP contribution in [0.4, 0.5) is 22.9 Å². The number of para-hydroxylation sites is 4. The van der Waals surface area contributed by atoms with Crippen molar-refractivity contribution in [3.05, 3.63) is 210 Å². The fraction of sp³-hybridized carbons (Fsp3) is 0.222. The summed E-state index contributed by atoms with van der Waals surface area (Å²) in [5.74, 6) is 2.47. The van der Waals surface area contributed by atoms with E-state index in [1.54, 1.807) is 0 Å². The van der Waals surface area contributed by atoms with Crippen molar-refractivity contribution < 1.29 is 0 Å². The van der Waals surface area contributed by atoms with Gasteiger partial charge in [0.25, 0.3) is 0 Å². The van der Waals surface area contributed by atoms with E-state index >= 15 is 0 Å². The second kappa shape index (κ2) is 13.6. The number of fused-ring (bicyclic) bond motifs is 5. The Labute approximate surface area is 348 Å². The quantitative estimate of drug-likeness (QED) is 0.172. The van der Waals surface area contributed by atoms with E-state index in [0.29, 0.717) is 5.92 Å². The molecule has 6 aliphatic rings. The number of aromatic nitrogens is 1. The summed E-state index contributed by atoms with van der Waals surface area (Å²) in [6.07, 6.45) is 22.9. The van der Waals surface area contributed by atoms with Gasteiger partial charge in [0.15, 0.2) is 0 Å². The van der Waals surface area contributed by atoms with Crippen LogP contribution in [0.1, 0.15) is 46.1 Å². The van der Waals surface area contributed by atoms with Gasteiger partial charge in [0.2, 0.25) is 0 Å². The predicted octanol–water partition coefficient (Wildman–Crippen LogP) is 12.5. The lowest BCUT2D eigenvalue weighted by Gasteiger charge is -2.60. The first-order valence-corrected chi connectivity index (χ1v) is 21.2. The van der Waals surface area contributed by atoms with Gasteiger partial charge in [0.1, 0.15) is 11.6 Å². The van der Waals surface area contributed by atoms with Gasteiger partial charge in [0.05, 0.1) is 17.6 Å². The summed E-state index contributed by atoms with van der Waals surface area (Å²) in [5, 5.41) is 1.14. The number of benzene rings is 4. The zero-order valence-corrected chi connectivity index (χ0v) is 34.2. The van der Waals surface area contributed by atoms with E-state index < -0.39 is 0 Å². The minimum absolute atomic E-state index is 0.0799. The number of hydrogen-bond donors (Lipinski definition) is 0. The zero-order chi connectivity index (χ0) is 39.9. The van der Waals surface area contributed by atoms with Gasteiger partial charge < -0.3 is 9.80 Å². The van der Waals surface area contributed by atoms with Crippen LogP contribution in [0.5, 0.6) is 0 Å². The van der Waals surface area contributed by atoms with E-state index in [1.165, 1.54) is 33.8 Å². The highest BCUT2D eigenvalue weighted by Gasteiger charge is 2.55. The molecule has 0 radical (unpaired) electrons. The van der Waals surface area contributed by atoms with Crippen LogP contribution in [0.25, 0.3) is 10.9 Å². The van der Waals surface area contributed by atoms with Crippen LogP contribution >= 0.6 is 0 Å². The maximum Gasteiger partial charge on any atom is 0.138 e. The molecule has 4 unspecified atom stereocenters. The van der Waals surface area contributed by atoms with Crippen molar-refractivity contribution in [2.45, 2.75) is 58.0 Å². The normalized spacial score (nSPS) is 24.2. The Bertz CT molecular complexity index is 2760. The summed E-state index contributed by atoms with van der Waals surface area (Å²) >= 11 is 0. The van der Waals surface area contributed by atoms with Crippen molar-refractivity contribution in [2.24, 2.45) is 22.2 Å². The van der Waals surface area contributed by atoms with Crippen molar-refractivity contribution >= 4 is 39.5 Å². The van der Waals surface area contributed by atoms with Crippen molar-refractivity contribution in [1.29, 1.82) is 0 Å². The first-order chi connectivity index (χ1) is 28.8. The second-order valence-corrected chi connectivity index (χ2v) is 17.8. The van der Waals surface area contributed by atoms with Crippen molar-refractivity contribution in [3.63, 3.8) is 0 Å². The molecular formula is C54H49N5. The molecule has 3 aliphatic carbocycles. The Hall–Kier alpha value is -6.46. The molecule has 4 heterocycles. The van der Waals surface area contributed by atoms with Crippen LogP contribution in [0.15, 0.2) is 209 Å². The highest BCUT2D eigenvalue weighted by molar-refractivity contribution is 6.01. The lowest BCUT2D eigenvalue weighted by atomic mass is 9.56. The maximum absolute atomic E-state index is 5.34. The molecule has 59 heavy (non-hydrogen) atoms. The molecule has 3 aliphatic heterocycles. The third kappa shape index (κ3) is 5.66. The number of nitrogens with zero attached hydrogens (tertiary/aromatic N) is 5. The molecular weight excluding hydrogens is 719 g/mol. The Morgan fingerprint density at radius 2 is 1.47 bits per heavy atom. The van der Waals surface area contributed by atoms with Gasteiger partial charge in [-0.3, -0.25) is 4.90 Å². The van der Waals surface area contributed by atoms with Crippen LogP contribution in [0.2, 0.25) is 0 Å². The van der Waals surface area contributed by atoms with Crippen molar-refractivity contribution in [2.75, 3.05) is 14.7 Å². The Balaban J connectivity index is 1.08. The molecule has 0 saturated carbocycles. The Morgan fingerprint density at radius 1 is 0.729 bits per heavy atom. The van der Waals surface area contributed by atoms with Gasteiger partial charge in [-0.05, 0) is 102 Å². The average Bonchev–Trinajstić information content (AvgIpc) is 3.27. The molecule has 0 spiro atoms. The van der Waals surface area contributed by atoms with Crippen LogP contribution < -0.4 is 14.7 Å². The standard InChI is InChI=1S/C54H49N5/c1-53(2)42-23-13-16-26-48(42)59-49-30-29-40(57(38-19-7-5-8-20-38)50-31-27-36-17-11-14-24-46(36)55-50)33-43(49)54(3,4)45-35-41(34-44(53)52(45)59)58(39-21-9-6-10-22-39)51-32-28-37-18-12-15-25-47(37)56-51/h5-26,28-32,34-36,40,44,52H,27,33H2,1-4H3. The number of hydrogen-bond acceptors (Lipinski definition) is 5. The van der Waals surface area contributed by atoms with E-state index in [1.807, 2.05) is 0 Å². The first-order valence-electron chi connectivity index (χ1n) is 21.2. The third-order valence-electron chi connectivity index (χ3n) is 13.8. The second-order valence-electron chi connectivity index (χ2n) is 17.8. The van der Waals surface area contributed by atoms with E-state index in [2.05, 4.69) is 218 Å². The average molecular weight is 768 g/mol. The molecule has 0 saturated heterocycles. The first kappa shape index (κ1) is 35.7.